The second-order valence-electron chi connectivity index (χ2n) is 7.27. The summed E-state index contributed by atoms with van der Waals surface area (Å²) in [5, 5.41) is 3.00. The first kappa shape index (κ1) is 22.6. The average molecular weight is 477 g/mol. The predicted molar refractivity (Wildman–Crippen MR) is 136 cm³/mol. The molecule has 3 aromatic rings. The number of hydrogen-bond acceptors (Lipinski definition) is 5. The number of nitrogens with one attached hydrogen (secondary N) is 1. The SMILES string of the molecule is CN(C(=O)[C@H]1SC(=Nc2ccccc2)C(C(=O)Nc2ccc(Cl)cc2)=C1N)c1ccccc1. The van der Waals surface area contributed by atoms with Crippen LogP contribution in [0.5, 0.6) is 0 Å². The molecule has 6 nitrogen and oxygen atoms in total. The first-order valence-corrected chi connectivity index (χ1v) is 11.4. The van der Waals surface area contributed by atoms with Crippen LogP contribution in [0.2, 0.25) is 5.02 Å². The van der Waals surface area contributed by atoms with E-state index in [1.807, 2.05) is 60.7 Å². The number of nitrogens with two attached hydrogens (primary N) is 1. The number of amides is 2. The highest BCUT2D eigenvalue weighted by Crippen LogP contribution is 2.36. The molecule has 0 spiro atoms. The average Bonchev–Trinajstić information content (AvgIpc) is 3.16. The fraction of sp³-hybridized carbons (Fsp3) is 0.0800. The van der Waals surface area contributed by atoms with Crippen molar-refractivity contribution in [3.05, 3.63) is 101 Å². The number of anilines is 2. The summed E-state index contributed by atoms with van der Waals surface area (Å²) in [5.41, 5.74) is 8.73. The second kappa shape index (κ2) is 9.94. The molecule has 0 aromatic heterocycles. The first-order valence-electron chi connectivity index (χ1n) is 10.1. The van der Waals surface area contributed by atoms with Gasteiger partial charge in [-0.15, -0.1) is 0 Å². The fourth-order valence-corrected chi connectivity index (χ4v) is 4.62. The Morgan fingerprint density at radius 2 is 1.58 bits per heavy atom. The molecule has 8 heteroatoms. The standard InChI is InChI=1S/C25H21ClN4O2S/c1-30(19-10-6-3-7-11-19)25(32)22-21(27)20(23(31)28-18-14-12-16(26)13-15-18)24(33-22)29-17-8-4-2-5-9-17/h2-15,22H,27H2,1H3,(H,28,31)/t22-/m0/s1. The third-order valence-corrected chi connectivity index (χ3v) is 6.49. The van der Waals surface area contributed by atoms with Crippen molar-refractivity contribution in [2.75, 3.05) is 17.3 Å². The predicted octanol–water partition coefficient (Wildman–Crippen LogP) is 5.00. The van der Waals surface area contributed by atoms with E-state index in [0.717, 1.165) is 5.69 Å². The maximum atomic E-state index is 13.3. The summed E-state index contributed by atoms with van der Waals surface area (Å²) >= 11 is 7.11. The molecule has 0 fully saturated rings. The molecule has 2 amide bonds. The Morgan fingerprint density at radius 1 is 0.970 bits per heavy atom. The topological polar surface area (TPSA) is 87.8 Å². The summed E-state index contributed by atoms with van der Waals surface area (Å²) in [6, 6.07) is 25.2. The van der Waals surface area contributed by atoms with Gasteiger partial charge in [0.05, 0.1) is 11.3 Å². The van der Waals surface area contributed by atoms with Crippen molar-refractivity contribution in [1.82, 2.24) is 0 Å². The van der Waals surface area contributed by atoms with Crippen LogP contribution < -0.4 is 16.0 Å². The highest BCUT2D eigenvalue weighted by atomic mass is 35.5. The lowest BCUT2D eigenvalue weighted by atomic mass is 10.1. The number of halogens is 1. The zero-order valence-corrected chi connectivity index (χ0v) is 19.3. The number of para-hydroxylation sites is 2. The van der Waals surface area contributed by atoms with E-state index in [1.165, 1.54) is 16.7 Å². The normalized spacial score (nSPS) is 16.7. The molecule has 1 heterocycles. The van der Waals surface area contributed by atoms with Gasteiger partial charge >= 0.3 is 0 Å². The molecule has 1 aliphatic rings. The van der Waals surface area contributed by atoms with Crippen LogP contribution in [-0.2, 0) is 9.59 Å². The molecule has 0 bridgehead atoms. The molecule has 33 heavy (non-hydrogen) atoms. The lowest BCUT2D eigenvalue weighted by Gasteiger charge is -2.21. The zero-order chi connectivity index (χ0) is 23.4. The summed E-state index contributed by atoms with van der Waals surface area (Å²) in [7, 11) is 1.69. The lowest BCUT2D eigenvalue weighted by Crippen LogP contribution is -2.37. The molecule has 0 aliphatic carbocycles. The van der Waals surface area contributed by atoms with Crippen LogP contribution in [0.1, 0.15) is 0 Å². The maximum absolute atomic E-state index is 13.3. The minimum atomic E-state index is -0.774. The van der Waals surface area contributed by atoms with Gasteiger partial charge in [0.25, 0.3) is 5.91 Å². The summed E-state index contributed by atoms with van der Waals surface area (Å²) in [6.07, 6.45) is 0. The van der Waals surface area contributed by atoms with E-state index in [-0.39, 0.29) is 17.2 Å². The van der Waals surface area contributed by atoms with E-state index in [2.05, 4.69) is 10.3 Å². The van der Waals surface area contributed by atoms with Gasteiger partial charge in [-0.2, -0.15) is 0 Å². The van der Waals surface area contributed by atoms with E-state index < -0.39 is 11.2 Å². The van der Waals surface area contributed by atoms with Gasteiger partial charge in [-0.05, 0) is 48.5 Å². The molecule has 0 unspecified atom stereocenters. The Bertz CT molecular complexity index is 1230. The Kier molecular flexibility index (Phi) is 6.82. The van der Waals surface area contributed by atoms with E-state index in [1.54, 1.807) is 31.3 Å². The zero-order valence-electron chi connectivity index (χ0n) is 17.7. The first-order chi connectivity index (χ1) is 15.9. The largest absolute Gasteiger partial charge is 0.400 e. The number of benzene rings is 3. The smallest absolute Gasteiger partial charge is 0.260 e. The number of carbonyl (C=O) groups is 2. The van der Waals surface area contributed by atoms with Crippen LogP contribution in [0.25, 0.3) is 0 Å². The van der Waals surface area contributed by atoms with Crippen LogP contribution in [-0.4, -0.2) is 29.2 Å². The van der Waals surface area contributed by atoms with E-state index in [4.69, 9.17) is 17.3 Å². The van der Waals surface area contributed by atoms with Gasteiger partial charge in [-0.25, -0.2) is 4.99 Å². The number of rotatable bonds is 5. The molecule has 1 atom stereocenters. The maximum Gasteiger partial charge on any atom is 0.260 e. The van der Waals surface area contributed by atoms with Crippen molar-refractivity contribution in [2.24, 2.45) is 10.7 Å². The van der Waals surface area contributed by atoms with Crippen molar-refractivity contribution in [3.8, 4) is 0 Å². The van der Waals surface area contributed by atoms with Crippen molar-refractivity contribution < 1.29 is 9.59 Å². The van der Waals surface area contributed by atoms with Crippen molar-refractivity contribution in [3.63, 3.8) is 0 Å². The van der Waals surface area contributed by atoms with Gasteiger partial charge in [0.15, 0.2) is 0 Å². The Morgan fingerprint density at radius 3 is 2.21 bits per heavy atom. The quantitative estimate of drug-likeness (QED) is 0.542. The van der Waals surface area contributed by atoms with Crippen LogP contribution in [0, 0.1) is 0 Å². The van der Waals surface area contributed by atoms with Gasteiger partial charge in [-0.1, -0.05) is 59.8 Å². The molecule has 0 radical (unpaired) electrons. The summed E-state index contributed by atoms with van der Waals surface area (Å²) in [5.74, 6) is -0.673. The number of hydrogen-bond donors (Lipinski definition) is 2. The highest BCUT2D eigenvalue weighted by molar-refractivity contribution is 8.16. The van der Waals surface area contributed by atoms with Crippen molar-refractivity contribution in [1.29, 1.82) is 0 Å². The van der Waals surface area contributed by atoms with Gasteiger partial charge in [0.2, 0.25) is 5.91 Å². The molecular weight excluding hydrogens is 456 g/mol. The monoisotopic (exact) mass is 476 g/mol. The summed E-state index contributed by atoms with van der Waals surface area (Å²) in [4.78, 5) is 32.7. The van der Waals surface area contributed by atoms with E-state index >= 15 is 0 Å². The molecule has 0 saturated carbocycles. The molecule has 4 rings (SSSR count). The van der Waals surface area contributed by atoms with Gasteiger partial charge in [0, 0.05) is 29.1 Å². The lowest BCUT2D eigenvalue weighted by molar-refractivity contribution is -0.117. The molecule has 0 saturated heterocycles. The molecule has 1 aliphatic heterocycles. The van der Waals surface area contributed by atoms with Gasteiger partial charge < -0.3 is 16.0 Å². The highest BCUT2D eigenvalue weighted by Gasteiger charge is 2.39. The molecule has 3 aromatic carbocycles. The molecule has 166 valence electrons. The van der Waals surface area contributed by atoms with Crippen LogP contribution in [0.4, 0.5) is 17.1 Å². The van der Waals surface area contributed by atoms with Crippen LogP contribution in [0.3, 0.4) is 0 Å². The van der Waals surface area contributed by atoms with Crippen molar-refractivity contribution in [2.45, 2.75) is 5.25 Å². The third-order valence-electron chi connectivity index (χ3n) is 5.03. The van der Waals surface area contributed by atoms with Gasteiger partial charge in [0.1, 0.15) is 10.3 Å². The Hall–Kier alpha value is -3.55. The molecule has 3 N–H and O–H groups in total. The molecular formula is C25H21ClN4O2S. The summed E-state index contributed by atoms with van der Waals surface area (Å²) in [6.45, 7) is 0. The van der Waals surface area contributed by atoms with Crippen LogP contribution >= 0.6 is 23.4 Å². The summed E-state index contributed by atoms with van der Waals surface area (Å²) < 4.78 is 0. The number of thioether (sulfide) groups is 1. The fourth-order valence-electron chi connectivity index (χ4n) is 3.28. The third kappa shape index (κ3) is 5.10. The second-order valence-corrected chi connectivity index (χ2v) is 8.80. The van der Waals surface area contributed by atoms with E-state index in [9.17, 15) is 9.59 Å². The van der Waals surface area contributed by atoms with E-state index in [0.29, 0.717) is 21.4 Å². The number of carbonyl (C=O) groups excluding carboxylic acids is 2. The Labute approximate surface area is 201 Å². The minimum absolute atomic E-state index is 0.175. The van der Waals surface area contributed by atoms with Crippen LogP contribution in [0.15, 0.2) is 101 Å². The Balaban J connectivity index is 1.68. The number of nitrogens with zero attached hydrogens (tertiary/aromatic N) is 2. The number of aliphatic imine (C=N–C) groups is 1. The minimum Gasteiger partial charge on any atom is -0.400 e. The van der Waals surface area contributed by atoms with Gasteiger partial charge in [-0.3, -0.25) is 9.59 Å². The van der Waals surface area contributed by atoms with Crippen molar-refractivity contribution >= 4 is 57.3 Å².